The van der Waals surface area contributed by atoms with Gasteiger partial charge in [-0.25, -0.2) is 8.42 Å². The van der Waals surface area contributed by atoms with Crippen LogP contribution in [0.2, 0.25) is 5.02 Å². The van der Waals surface area contributed by atoms with Crippen molar-refractivity contribution in [2.75, 3.05) is 4.72 Å². The molecule has 6 heteroatoms. The van der Waals surface area contributed by atoms with Gasteiger partial charge in [-0.05, 0) is 36.8 Å². The lowest BCUT2D eigenvalue weighted by Crippen LogP contribution is -2.14. The third-order valence-corrected chi connectivity index (χ3v) is 5.10. The number of benzene rings is 2. The molecule has 0 aliphatic carbocycles. The van der Waals surface area contributed by atoms with Crippen molar-refractivity contribution in [1.29, 1.82) is 0 Å². The van der Waals surface area contributed by atoms with E-state index in [-0.39, 0.29) is 9.92 Å². The third kappa shape index (κ3) is 2.77. The van der Waals surface area contributed by atoms with Gasteiger partial charge in [-0.3, -0.25) is 9.71 Å². The van der Waals surface area contributed by atoms with Crippen LogP contribution in [0.1, 0.15) is 5.56 Å². The fourth-order valence-electron chi connectivity index (χ4n) is 2.21. The van der Waals surface area contributed by atoms with Gasteiger partial charge in [-0.1, -0.05) is 35.9 Å². The molecule has 0 amide bonds. The Morgan fingerprint density at radius 1 is 1.09 bits per heavy atom. The fourth-order valence-corrected chi connectivity index (χ4v) is 3.88. The molecule has 0 radical (unpaired) electrons. The van der Waals surface area contributed by atoms with Gasteiger partial charge >= 0.3 is 0 Å². The fraction of sp³-hybridized carbons (Fsp3) is 0.0625. The first-order valence-electron chi connectivity index (χ1n) is 6.60. The normalized spacial score (nSPS) is 11.5. The molecule has 1 aromatic heterocycles. The maximum absolute atomic E-state index is 12.6. The van der Waals surface area contributed by atoms with Gasteiger partial charge in [0.2, 0.25) is 0 Å². The first-order valence-corrected chi connectivity index (χ1v) is 8.46. The molecule has 0 aliphatic rings. The molecule has 1 N–H and O–H groups in total. The largest absolute Gasteiger partial charge is 0.277 e. The molecule has 3 aromatic rings. The highest BCUT2D eigenvalue weighted by molar-refractivity contribution is 7.92. The van der Waals surface area contributed by atoms with Crippen molar-refractivity contribution in [2.24, 2.45) is 0 Å². The van der Waals surface area contributed by atoms with Crippen molar-refractivity contribution in [3.05, 3.63) is 65.3 Å². The van der Waals surface area contributed by atoms with Crippen molar-refractivity contribution < 1.29 is 8.42 Å². The van der Waals surface area contributed by atoms with E-state index in [1.54, 1.807) is 36.5 Å². The van der Waals surface area contributed by atoms with E-state index in [2.05, 4.69) is 9.71 Å². The molecule has 0 saturated heterocycles. The van der Waals surface area contributed by atoms with Crippen LogP contribution in [0.15, 0.2) is 59.6 Å². The Bertz CT molecular complexity index is 950. The van der Waals surface area contributed by atoms with Crippen LogP contribution in [0.5, 0.6) is 0 Å². The highest BCUT2D eigenvalue weighted by atomic mass is 35.5. The van der Waals surface area contributed by atoms with Crippen LogP contribution >= 0.6 is 11.6 Å². The summed E-state index contributed by atoms with van der Waals surface area (Å²) in [5.74, 6) is 0. The summed E-state index contributed by atoms with van der Waals surface area (Å²) in [6.07, 6.45) is 1.62. The van der Waals surface area contributed by atoms with E-state index >= 15 is 0 Å². The zero-order valence-electron chi connectivity index (χ0n) is 11.7. The van der Waals surface area contributed by atoms with Gasteiger partial charge in [0.25, 0.3) is 10.0 Å². The maximum atomic E-state index is 12.6. The summed E-state index contributed by atoms with van der Waals surface area (Å²) in [5, 5.41) is 1.05. The highest BCUT2D eigenvalue weighted by Crippen LogP contribution is 2.27. The Hall–Kier alpha value is -2.11. The number of rotatable bonds is 3. The van der Waals surface area contributed by atoms with Gasteiger partial charge in [0.1, 0.15) is 4.90 Å². The topological polar surface area (TPSA) is 59.1 Å². The number of sulfonamides is 1. The van der Waals surface area contributed by atoms with Crippen molar-refractivity contribution >= 4 is 38.2 Å². The average molecular weight is 333 g/mol. The minimum Gasteiger partial charge on any atom is -0.277 e. The lowest BCUT2D eigenvalue weighted by Gasteiger charge is -2.11. The second kappa shape index (κ2) is 5.59. The van der Waals surface area contributed by atoms with Crippen molar-refractivity contribution in [3.8, 4) is 0 Å². The number of fused-ring (bicyclic) bond motifs is 1. The van der Waals surface area contributed by atoms with Gasteiger partial charge in [0.05, 0.1) is 16.2 Å². The number of nitrogens with zero attached hydrogens (tertiary/aromatic N) is 1. The highest BCUT2D eigenvalue weighted by Gasteiger charge is 2.19. The van der Waals surface area contributed by atoms with Crippen LogP contribution in [-0.4, -0.2) is 13.4 Å². The van der Waals surface area contributed by atoms with E-state index in [0.717, 1.165) is 10.9 Å². The maximum Gasteiger partial charge on any atom is 0.263 e. The molecule has 3 rings (SSSR count). The summed E-state index contributed by atoms with van der Waals surface area (Å²) in [6, 6.07) is 13.8. The molecular formula is C16H13ClN2O2S. The van der Waals surface area contributed by atoms with Crippen LogP contribution in [-0.2, 0) is 10.0 Å². The lowest BCUT2D eigenvalue weighted by molar-refractivity contribution is 0.601. The Morgan fingerprint density at radius 3 is 2.64 bits per heavy atom. The second-order valence-corrected chi connectivity index (χ2v) is 6.98. The van der Waals surface area contributed by atoms with Crippen LogP contribution in [0.25, 0.3) is 10.9 Å². The third-order valence-electron chi connectivity index (χ3n) is 3.25. The van der Waals surface area contributed by atoms with Crippen molar-refractivity contribution in [3.63, 3.8) is 0 Å². The van der Waals surface area contributed by atoms with Gasteiger partial charge in [-0.15, -0.1) is 0 Å². The molecular weight excluding hydrogens is 320 g/mol. The molecule has 0 saturated carbocycles. The number of anilines is 1. The van der Waals surface area contributed by atoms with Crippen LogP contribution in [0.4, 0.5) is 5.69 Å². The number of hydrogen-bond acceptors (Lipinski definition) is 3. The lowest BCUT2D eigenvalue weighted by atomic mass is 10.2. The van der Waals surface area contributed by atoms with Gasteiger partial charge in [-0.2, -0.15) is 0 Å². The summed E-state index contributed by atoms with van der Waals surface area (Å²) in [7, 11) is -3.77. The first-order chi connectivity index (χ1) is 10.5. The van der Waals surface area contributed by atoms with Gasteiger partial charge in [0, 0.05) is 11.6 Å². The molecule has 0 aliphatic heterocycles. The van der Waals surface area contributed by atoms with E-state index in [1.807, 2.05) is 19.1 Å². The quantitative estimate of drug-likeness (QED) is 0.788. The molecule has 112 valence electrons. The molecule has 0 atom stereocenters. The minimum absolute atomic E-state index is 0.0488. The second-order valence-electron chi connectivity index (χ2n) is 4.92. The molecule has 22 heavy (non-hydrogen) atoms. The van der Waals surface area contributed by atoms with Gasteiger partial charge in [0.15, 0.2) is 0 Å². The predicted molar refractivity (Wildman–Crippen MR) is 88.7 cm³/mol. The molecule has 1 heterocycles. The molecule has 4 nitrogen and oxygen atoms in total. The van der Waals surface area contributed by atoms with Crippen LogP contribution < -0.4 is 4.72 Å². The van der Waals surface area contributed by atoms with Crippen LogP contribution in [0.3, 0.4) is 0 Å². The Morgan fingerprint density at radius 2 is 1.86 bits per heavy atom. The van der Waals surface area contributed by atoms with Gasteiger partial charge < -0.3 is 0 Å². The number of para-hydroxylation sites is 1. The summed E-state index contributed by atoms with van der Waals surface area (Å²) in [4.78, 5) is 4.28. The summed E-state index contributed by atoms with van der Waals surface area (Å²) < 4.78 is 27.7. The van der Waals surface area contributed by atoms with Crippen molar-refractivity contribution in [1.82, 2.24) is 4.98 Å². The summed E-state index contributed by atoms with van der Waals surface area (Å²) in [5.41, 5.74) is 1.92. The standard InChI is InChI=1S/C16H13ClN2O2S/c1-11-7-8-15(13(17)10-11)22(20,21)19-14-6-2-4-12-5-3-9-18-16(12)14/h2-10,19H,1H3. The van der Waals surface area contributed by atoms with E-state index in [4.69, 9.17) is 11.6 Å². The zero-order chi connectivity index (χ0) is 15.7. The Balaban J connectivity index is 2.07. The molecule has 0 bridgehead atoms. The number of aryl methyl sites for hydroxylation is 1. The molecule has 0 spiro atoms. The molecule has 0 fully saturated rings. The first kappa shape index (κ1) is 14.8. The van der Waals surface area contributed by atoms with Crippen LogP contribution in [0, 0.1) is 6.92 Å². The van der Waals surface area contributed by atoms with E-state index in [1.165, 1.54) is 6.07 Å². The average Bonchev–Trinajstić information content (AvgIpc) is 2.47. The zero-order valence-corrected chi connectivity index (χ0v) is 13.3. The van der Waals surface area contributed by atoms with E-state index < -0.39 is 10.0 Å². The van der Waals surface area contributed by atoms with Crippen molar-refractivity contribution in [2.45, 2.75) is 11.8 Å². The monoisotopic (exact) mass is 332 g/mol. The molecule has 2 aromatic carbocycles. The van der Waals surface area contributed by atoms with E-state index in [0.29, 0.717) is 11.2 Å². The predicted octanol–water partition coefficient (Wildman–Crippen LogP) is 4.00. The number of pyridine rings is 1. The Kier molecular flexibility index (Phi) is 3.76. The summed E-state index contributed by atoms with van der Waals surface area (Å²) >= 11 is 6.06. The Labute approximate surface area is 133 Å². The number of halogens is 1. The minimum atomic E-state index is -3.77. The SMILES string of the molecule is Cc1ccc(S(=O)(=O)Nc2cccc3cccnc23)c(Cl)c1. The number of nitrogens with one attached hydrogen (secondary N) is 1. The molecule has 0 unspecified atom stereocenters. The smallest absolute Gasteiger partial charge is 0.263 e. The van der Waals surface area contributed by atoms with E-state index in [9.17, 15) is 8.42 Å². The number of aromatic nitrogens is 1. The number of hydrogen-bond donors (Lipinski definition) is 1. The summed E-state index contributed by atoms with van der Waals surface area (Å²) in [6.45, 7) is 1.85.